The molecule has 2 aromatic rings. The van der Waals surface area contributed by atoms with Gasteiger partial charge in [-0.15, -0.1) is 0 Å². The van der Waals surface area contributed by atoms with Crippen LogP contribution < -0.4 is 5.56 Å². The fraction of sp³-hybridized carbons (Fsp3) is 0.500. The van der Waals surface area contributed by atoms with Crippen molar-refractivity contribution in [3.05, 3.63) is 28.2 Å². The van der Waals surface area contributed by atoms with Crippen LogP contribution >= 0.6 is 23.4 Å². The molecule has 0 atom stereocenters. The third kappa shape index (κ3) is 2.72. The maximum Gasteiger partial charge on any atom is 0.353 e. The topological polar surface area (TPSA) is 47.8 Å². The molecule has 2 heterocycles. The van der Waals surface area contributed by atoms with Gasteiger partial charge in [0.15, 0.2) is 5.16 Å². The highest BCUT2D eigenvalue weighted by molar-refractivity contribution is 7.98. The number of alkyl halides is 3. The summed E-state index contributed by atoms with van der Waals surface area (Å²) in [4.78, 5) is 21.0. The second kappa shape index (κ2) is 5.77. The average molecular weight is 346 g/mol. The second-order valence-electron chi connectivity index (χ2n) is 5.30. The molecule has 0 N–H and O–H groups in total. The van der Waals surface area contributed by atoms with E-state index < -0.39 is 16.5 Å². The lowest BCUT2D eigenvalue weighted by Gasteiger charge is -2.19. The Hall–Kier alpha value is -1.21. The zero-order valence-electron chi connectivity index (χ0n) is 11.9. The lowest BCUT2D eigenvalue weighted by Crippen LogP contribution is -2.31. The summed E-state index contributed by atoms with van der Waals surface area (Å²) >= 11 is 6.45. The van der Waals surface area contributed by atoms with Crippen LogP contribution in [0.4, 0.5) is 8.78 Å². The van der Waals surface area contributed by atoms with Crippen molar-refractivity contribution in [2.75, 3.05) is 6.26 Å². The van der Waals surface area contributed by atoms with Crippen molar-refractivity contribution < 1.29 is 8.78 Å². The third-order valence-electron chi connectivity index (χ3n) is 3.93. The fourth-order valence-electron chi connectivity index (χ4n) is 2.91. The molecule has 0 spiro atoms. The van der Waals surface area contributed by atoms with Gasteiger partial charge in [0.2, 0.25) is 0 Å². The highest BCUT2D eigenvalue weighted by atomic mass is 35.5. The van der Waals surface area contributed by atoms with E-state index in [0.29, 0.717) is 16.2 Å². The Kier molecular flexibility index (Phi) is 4.11. The van der Waals surface area contributed by atoms with Crippen LogP contribution in [0.5, 0.6) is 0 Å². The molecular weight excluding hydrogens is 332 g/mol. The predicted octanol–water partition coefficient (Wildman–Crippen LogP) is 3.92. The molecule has 0 radical (unpaired) electrons. The minimum absolute atomic E-state index is 0.112. The Balaban J connectivity index is 2.34. The van der Waals surface area contributed by atoms with Gasteiger partial charge in [-0.25, -0.2) is 9.97 Å². The summed E-state index contributed by atoms with van der Waals surface area (Å²) in [5.74, 6) is 0. The molecule has 0 aliphatic heterocycles. The summed E-state index contributed by atoms with van der Waals surface area (Å²) < 4.78 is 28.5. The molecule has 22 heavy (non-hydrogen) atoms. The number of nitrogens with zero attached hydrogens (tertiary/aromatic N) is 3. The van der Waals surface area contributed by atoms with E-state index in [0.717, 1.165) is 31.7 Å². The molecule has 4 nitrogen and oxygen atoms in total. The van der Waals surface area contributed by atoms with Crippen molar-refractivity contribution in [3.8, 4) is 0 Å². The second-order valence-corrected chi connectivity index (χ2v) is 6.55. The van der Waals surface area contributed by atoms with Crippen LogP contribution in [0.3, 0.4) is 0 Å². The molecule has 1 aliphatic carbocycles. The minimum Gasteiger partial charge on any atom is -0.289 e. The van der Waals surface area contributed by atoms with Gasteiger partial charge in [0, 0.05) is 17.6 Å². The Bertz CT molecular complexity index is 769. The molecule has 118 valence electrons. The van der Waals surface area contributed by atoms with Crippen molar-refractivity contribution in [1.29, 1.82) is 0 Å². The van der Waals surface area contributed by atoms with E-state index in [9.17, 15) is 13.6 Å². The highest BCUT2D eigenvalue weighted by Crippen LogP contribution is 2.35. The van der Waals surface area contributed by atoms with Gasteiger partial charge in [0.05, 0.1) is 0 Å². The Morgan fingerprint density at radius 3 is 2.68 bits per heavy atom. The average Bonchev–Trinajstić information content (AvgIpc) is 2.98. The number of hydrogen-bond acceptors (Lipinski definition) is 4. The van der Waals surface area contributed by atoms with Gasteiger partial charge in [-0.2, -0.15) is 8.78 Å². The van der Waals surface area contributed by atoms with E-state index in [1.54, 1.807) is 0 Å². The van der Waals surface area contributed by atoms with Gasteiger partial charge in [-0.05, 0) is 36.8 Å². The van der Waals surface area contributed by atoms with Crippen molar-refractivity contribution in [2.45, 2.75) is 42.3 Å². The quantitative estimate of drug-likeness (QED) is 0.480. The number of thioether (sulfide) groups is 1. The Labute approximate surface area is 134 Å². The minimum atomic E-state index is -3.70. The van der Waals surface area contributed by atoms with E-state index in [-0.39, 0.29) is 6.04 Å². The molecule has 0 saturated heterocycles. The van der Waals surface area contributed by atoms with Gasteiger partial charge < -0.3 is 0 Å². The lowest BCUT2D eigenvalue weighted by atomic mass is 10.1. The lowest BCUT2D eigenvalue weighted by molar-refractivity contribution is 0.0928. The Morgan fingerprint density at radius 1 is 1.41 bits per heavy atom. The molecular formula is C14H14ClF2N3OS. The maximum atomic E-state index is 13.6. The van der Waals surface area contributed by atoms with Crippen LogP contribution in [0, 0.1) is 0 Å². The SMILES string of the molecule is CSc1ncc2cc(C(F)(F)Cl)c(=O)n(C3CCCC3)c2n1. The monoisotopic (exact) mass is 345 g/mol. The first-order valence-corrected chi connectivity index (χ1v) is 8.55. The van der Waals surface area contributed by atoms with Gasteiger partial charge in [0.1, 0.15) is 11.2 Å². The maximum absolute atomic E-state index is 13.6. The van der Waals surface area contributed by atoms with E-state index in [4.69, 9.17) is 11.6 Å². The molecule has 0 bridgehead atoms. The first kappa shape index (κ1) is 15.7. The van der Waals surface area contributed by atoms with Crippen LogP contribution in [-0.4, -0.2) is 20.8 Å². The summed E-state index contributed by atoms with van der Waals surface area (Å²) in [7, 11) is 0. The number of hydrogen-bond donors (Lipinski definition) is 0. The number of halogens is 3. The first-order chi connectivity index (χ1) is 10.4. The molecule has 1 saturated carbocycles. The van der Waals surface area contributed by atoms with Gasteiger partial charge in [-0.3, -0.25) is 9.36 Å². The standard InChI is InChI=1S/C14H14ClF2N3OS/c1-22-13-18-7-8-6-10(14(15,16)17)12(21)20(11(8)19-13)9-4-2-3-5-9/h6-7,9H,2-5H2,1H3. The number of fused-ring (bicyclic) bond motifs is 1. The number of rotatable bonds is 3. The van der Waals surface area contributed by atoms with Crippen molar-refractivity contribution in [1.82, 2.24) is 14.5 Å². The van der Waals surface area contributed by atoms with Crippen molar-refractivity contribution in [3.63, 3.8) is 0 Å². The van der Waals surface area contributed by atoms with E-state index in [1.807, 2.05) is 6.26 Å². The van der Waals surface area contributed by atoms with E-state index in [2.05, 4.69) is 9.97 Å². The van der Waals surface area contributed by atoms with Crippen LogP contribution in [-0.2, 0) is 5.38 Å². The smallest absolute Gasteiger partial charge is 0.289 e. The largest absolute Gasteiger partial charge is 0.353 e. The van der Waals surface area contributed by atoms with Gasteiger partial charge in [-0.1, -0.05) is 24.6 Å². The number of pyridine rings is 1. The van der Waals surface area contributed by atoms with Crippen LogP contribution in [0.25, 0.3) is 11.0 Å². The normalized spacial score (nSPS) is 16.5. The van der Waals surface area contributed by atoms with Gasteiger partial charge in [0.25, 0.3) is 5.56 Å². The van der Waals surface area contributed by atoms with E-state index in [1.165, 1.54) is 22.5 Å². The van der Waals surface area contributed by atoms with Gasteiger partial charge >= 0.3 is 5.38 Å². The summed E-state index contributed by atoms with van der Waals surface area (Å²) in [5, 5.41) is -2.80. The molecule has 1 aliphatic rings. The first-order valence-electron chi connectivity index (χ1n) is 6.95. The molecule has 0 unspecified atom stereocenters. The summed E-state index contributed by atoms with van der Waals surface area (Å²) in [5.41, 5.74) is -1.07. The Morgan fingerprint density at radius 2 is 2.09 bits per heavy atom. The number of aromatic nitrogens is 3. The summed E-state index contributed by atoms with van der Waals surface area (Å²) in [6.45, 7) is 0. The molecule has 8 heteroatoms. The summed E-state index contributed by atoms with van der Waals surface area (Å²) in [6, 6.07) is 0.985. The van der Waals surface area contributed by atoms with E-state index >= 15 is 0 Å². The zero-order valence-corrected chi connectivity index (χ0v) is 13.4. The summed E-state index contributed by atoms with van der Waals surface area (Å²) in [6.07, 6.45) is 6.79. The molecule has 0 amide bonds. The molecule has 3 rings (SSSR count). The fourth-order valence-corrected chi connectivity index (χ4v) is 3.38. The molecule has 2 aromatic heterocycles. The van der Waals surface area contributed by atoms with Crippen molar-refractivity contribution in [2.24, 2.45) is 0 Å². The highest BCUT2D eigenvalue weighted by Gasteiger charge is 2.34. The molecule has 0 aromatic carbocycles. The zero-order chi connectivity index (χ0) is 15.9. The third-order valence-corrected chi connectivity index (χ3v) is 4.69. The molecule has 1 fully saturated rings. The van der Waals surface area contributed by atoms with Crippen molar-refractivity contribution >= 4 is 34.4 Å². The van der Waals surface area contributed by atoms with Crippen LogP contribution in [0.2, 0.25) is 0 Å². The van der Waals surface area contributed by atoms with Crippen LogP contribution in [0.15, 0.2) is 22.2 Å². The predicted molar refractivity (Wildman–Crippen MR) is 82.8 cm³/mol. The van der Waals surface area contributed by atoms with Crippen LogP contribution in [0.1, 0.15) is 37.3 Å².